The number of methoxy groups -OCH3 is 2. The molecule has 1 fully saturated rings. The third-order valence-corrected chi connectivity index (χ3v) is 5.60. The summed E-state index contributed by atoms with van der Waals surface area (Å²) in [6, 6.07) is 13.7. The Hall–Kier alpha value is -2.12. The number of hydrogen-bond donors (Lipinski definition) is 1. The van der Waals surface area contributed by atoms with E-state index in [1.807, 2.05) is 42.5 Å². The van der Waals surface area contributed by atoms with Crippen LogP contribution in [0.5, 0.6) is 5.75 Å². The second-order valence-corrected chi connectivity index (χ2v) is 7.92. The maximum absolute atomic E-state index is 12.4. The highest BCUT2D eigenvalue weighted by Crippen LogP contribution is 2.24. The van der Waals surface area contributed by atoms with Crippen molar-refractivity contribution in [3.05, 3.63) is 64.2 Å². The van der Waals surface area contributed by atoms with Gasteiger partial charge in [-0.25, -0.2) is 0 Å². The number of carbonyl (C=O) groups is 1. The summed E-state index contributed by atoms with van der Waals surface area (Å²) in [6.45, 7) is 5.80. The van der Waals surface area contributed by atoms with E-state index in [0.717, 1.165) is 55.2 Å². The number of ether oxygens (including phenoxy) is 2. The lowest BCUT2D eigenvalue weighted by Gasteiger charge is -2.34. The van der Waals surface area contributed by atoms with Gasteiger partial charge in [-0.2, -0.15) is 0 Å². The van der Waals surface area contributed by atoms with E-state index in [9.17, 15) is 4.79 Å². The molecule has 1 aliphatic rings. The Balaban J connectivity index is 1.43. The molecular formula is C23H30ClN3O3. The maximum Gasteiger partial charge on any atom is 0.234 e. The molecule has 0 aromatic heterocycles. The summed E-state index contributed by atoms with van der Waals surface area (Å²) < 4.78 is 10.7. The van der Waals surface area contributed by atoms with Crippen molar-refractivity contribution in [2.24, 2.45) is 0 Å². The van der Waals surface area contributed by atoms with E-state index in [1.165, 1.54) is 0 Å². The molecule has 2 aromatic rings. The van der Waals surface area contributed by atoms with Crippen LogP contribution in [-0.4, -0.2) is 62.7 Å². The van der Waals surface area contributed by atoms with E-state index >= 15 is 0 Å². The third-order valence-electron chi connectivity index (χ3n) is 5.36. The molecule has 0 unspecified atom stereocenters. The molecule has 1 N–H and O–H groups in total. The molecule has 0 atom stereocenters. The van der Waals surface area contributed by atoms with Crippen molar-refractivity contribution in [2.75, 3.05) is 46.9 Å². The number of piperazine rings is 1. The fourth-order valence-electron chi connectivity index (χ4n) is 3.70. The summed E-state index contributed by atoms with van der Waals surface area (Å²) in [5, 5.41) is 3.75. The van der Waals surface area contributed by atoms with Gasteiger partial charge in [0.15, 0.2) is 0 Å². The van der Waals surface area contributed by atoms with E-state index in [4.69, 9.17) is 21.1 Å². The van der Waals surface area contributed by atoms with Crippen molar-refractivity contribution in [1.29, 1.82) is 0 Å². The highest BCUT2D eigenvalue weighted by atomic mass is 35.5. The van der Waals surface area contributed by atoms with Gasteiger partial charge in [0, 0.05) is 57.0 Å². The molecule has 1 amide bonds. The molecule has 3 rings (SSSR count). The summed E-state index contributed by atoms with van der Waals surface area (Å²) in [4.78, 5) is 17.0. The lowest BCUT2D eigenvalue weighted by molar-refractivity contribution is -0.122. The fraction of sp³-hybridized carbons (Fsp3) is 0.435. The smallest absolute Gasteiger partial charge is 0.234 e. The first-order valence-corrected chi connectivity index (χ1v) is 10.6. The van der Waals surface area contributed by atoms with Crippen LogP contribution in [0.25, 0.3) is 0 Å². The number of nitrogens with one attached hydrogen (secondary N) is 1. The van der Waals surface area contributed by atoms with Crippen LogP contribution in [0, 0.1) is 0 Å². The zero-order valence-electron chi connectivity index (χ0n) is 17.7. The first-order chi connectivity index (χ1) is 14.6. The molecule has 0 bridgehead atoms. The molecular weight excluding hydrogens is 402 g/mol. The predicted octanol–water partition coefficient (Wildman–Crippen LogP) is 2.93. The number of hydrogen-bond acceptors (Lipinski definition) is 5. The second-order valence-electron chi connectivity index (χ2n) is 7.49. The average molecular weight is 432 g/mol. The molecule has 30 heavy (non-hydrogen) atoms. The Morgan fingerprint density at radius 3 is 2.40 bits per heavy atom. The summed E-state index contributed by atoms with van der Waals surface area (Å²) in [6.07, 6.45) is 0. The SMILES string of the molecule is COCc1ccccc1CNC(=O)CN1CCN(Cc2cc(Cl)ccc2OC)CC1. The Bertz CT molecular complexity index is 838. The highest BCUT2D eigenvalue weighted by Gasteiger charge is 2.20. The van der Waals surface area contributed by atoms with E-state index < -0.39 is 0 Å². The van der Waals surface area contributed by atoms with Crippen LogP contribution < -0.4 is 10.1 Å². The van der Waals surface area contributed by atoms with Crippen molar-refractivity contribution in [3.63, 3.8) is 0 Å². The number of benzene rings is 2. The Morgan fingerprint density at radius 1 is 1.00 bits per heavy atom. The van der Waals surface area contributed by atoms with Crippen molar-refractivity contribution in [2.45, 2.75) is 19.7 Å². The summed E-state index contributed by atoms with van der Waals surface area (Å²) >= 11 is 6.14. The molecule has 0 saturated carbocycles. The molecule has 1 heterocycles. The largest absolute Gasteiger partial charge is 0.496 e. The topological polar surface area (TPSA) is 54.0 Å². The highest BCUT2D eigenvalue weighted by molar-refractivity contribution is 6.30. The van der Waals surface area contributed by atoms with Gasteiger partial charge in [-0.05, 0) is 29.3 Å². The third kappa shape index (κ3) is 6.44. The van der Waals surface area contributed by atoms with Crippen LogP contribution >= 0.6 is 11.6 Å². The quantitative estimate of drug-likeness (QED) is 0.661. The first-order valence-electron chi connectivity index (χ1n) is 10.2. The molecule has 1 aliphatic heterocycles. The van der Waals surface area contributed by atoms with E-state index in [1.54, 1.807) is 14.2 Å². The summed E-state index contributed by atoms with van der Waals surface area (Å²) in [7, 11) is 3.36. The van der Waals surface area contributed by atoms with Gasteiger partial charge in [0.25, 0.3) is 0 Å². The van der Waals surface area contributed by atoms with Crippen LogP contribution in [0.3, 0.4) is 0 Å². The molecule has 162 valence electrons. The zero-order chi connectivity index (χ0) is 21.3. The second kappa shape index (κ2) is 11.3. The standard InChI is InChI=1S/C23H30ClN3O3/c1-29-17-19-6-4-3-5-18(19)14-25-23(28)16-27-11-9-26(10-12-27)15-20-13-21(24)7-8-22(20)30-2/h3-8,13H,9-12,14-17H2,1-2H3,(H,25,28). The normalized spacial score (nSPS) is 15.2. The zero-order valence-corrected chi connectivity index (χ0v) is 18.5. The maximum atomic E-state index is 12.4. The van der Waals surface area contributed by atoms with Crippen LogP contribution in [0.15, 0.2) is 42.5 Å². The van der Waals surface area contributed by atoms with Crippen molar-refractivity contribution >= 4 is 17.5 Å². The van der Waals surface area contributed by atoms with Crippen LogP contribution in [0.2, 0.25) is 5.02 Å². The van der Waals surface area contributed by atoms with Gasteiger partial charge in [-0.15, -0.1) is 0 Å². The number of halogens is 1. The van der Waals surface area contributed by atoms with E-state index in [0.29, 0.717) is 24.7 Å². The van der Waals surface area contributed by atoms with E-state index in [2.05, 4.69) is 15.1 Å². The van der Waals surface area contributed by atoms with Gasteiger partial charge in [0.05, 0.1) is 20.3 Å². The summed E-state index contributed by atoms with van der Waals surface area (Å²) in [5.74, 6) is 0.905. The number of rotatable bonds is 9. The van der Waals surface area contributed by atoms with E-state index in [-0.39, 0.29) is 5.91 Å². The van der Waals surface area contributed by atoms with Gasteiger partial charge >= 0.3 is 0 Å². The number of nitrogens with zero attached hydrogens (tertiary/aromatic N) is 2. The summed E-state index contributed by atoms with van der Waals surface area (Å²) in [5.41, 5.74) is 3.28. The lowest BCUT2D eigenvalue weighted by Crippen LogP contribution is -2.49. The van der Waals surface area contributed by atoms with Gasteiger partial charge in [-0.1, -0.05) is 35.9 Å². The predicted molar refractivity (Wildman–Crippen MR) is 119 cm³/mol. The first kappa shape index (κ1) is 22.6. The van der Waals surface area contributed by atoms with Gasteiger partial charge in [0.2, 0.25) is 5.91 Å². The van der Waals surface area contributed by atoms with Crippen LogP contribution in [-0.2, 0) is 29.2 Å². The molecule has 7 heteroatoms. The van der Waals surface area contributed by atoms with Crippen LogP contribution in [0.4, 0.5) is 0 Å². The van der Waals surface area contributed by atoms with Crippen LogP contribution in [0.1, 0.15) is 16.7 Å². The fourth-order valence-corrected chi connectivity index (χ4v) is 3.89. The van der Waals surface area contributed by atoms with Gasteiger partial charge < -0.3 is 14.8 Å². The Morgan fingerprint density at radius 2 is 1.70 bits per heavy atom. The van der Waals surface area contributed by atoms with Crippen molar-refractivity contribution < 1.29 is 14.3 Å². The Kier molecular flexibility index (Phi) is 8.51. The minimum Gasteiger partial charge on any atom is -0.496 e. The molecule has 0 aliphatic carbocycles. The van der Waals surface area contributed by atoms with Crippen molar-refractivity contribution in [3.8, 4) is 5.75 Å². The van der Waals surface area contributed by atoms with Crippen molar-refractivity contribution in [1.82, 2.24) is 15.1 Å². The average Bonchev–Trinajstić information content (AvgIpc) is 2.75. The number of carbonyl (C=O) groups excluding carboxylic acids is 1. The molecule has 2 aromatic carbocycles. The molecule has 0 radical (unpaired) electrons. The Labute approximate surface area is 183 Å². The monoisotopic (exact) mass is 431 g/mol. The van der Waals surface area contributed by atoms with Gasteiger partial charge in [-0.3, -0.25) is 14.6 Å². The minimum absolute atomic E-state index is 0.0483. The molecule has 0 spiro atoms. The number of amides is 1. The molecule has 1 saturated heterocycles. The lowest BCUT2D eigenvalue weighted by atomic mass is 10.1. The van der Waals surface area contributed by atoms with Gasteiger partial charge in [0.1, 0.15) is 5.75 Å². The molecule has 6 nitrogen and oxygen atoms in total. The minimum atomic E-state index is 0.0483.